The van der Waals surface area contributed by atoms with E-state index in [0.29, 0.717) is 6.10 Å². The highest BCUT2D eigenvalue weighted by Crippen LogP contribution is 1.94. The molecule has 0 rings (SSSR count). The average molecular weight is 216 g/mol. The molecule has 1 atom stereocenters. The topological polar surface area (TPSA) is 50.4 Å². The molecule has 0 aromatic heterocycles. The standard InChI is InChI=1S/C11H24N2O2/c1-9(2)15-8-6-5-7-13-10(3)11(14)12-4/h9-10,13H,5-8H2,1-4H3,(H,12,14). The molecule has 0 aromatic rings. The number of ether oxygens (including phenoxy) is 1. The summed E-state index contributed by atoms with van der Waals surface area (Å²) in [4.78, 5) is 11.1. The molecule has 0 saturated heterocycles. The van der Waals surface area contributed by atoms with Crippen molar-refractivity contribution >= 4 is 5.91 Å². The molecule has 0 bridgehead atoms. The van der Waals surface area contributed by atoms with E-state index in [4.69, 9.17) is 4.74 Å². The zero-order valence-electron chi connectivity index (χ0n) is 10.3. The van der Waals surface area contributed by atoms with Gasteiger partial charge in [0.05, 0.1) is 12.1 Å². The summed E-state index contributed by atoms with van der Waals surface area (Å²) in [6, 6.07) is -0.110. The third-order valence-electron chi connectivity index (χ3n) is 2.11. The Balaban J connectivity index is 3.27. The average Bonchev–Trinajstić information content (AvgIpc) is 2.21. The minimum absolute atomic E-state index is 0.0356. The largest absolute Gasteiger partial charge is 0.379 e. The first-order valence-electron chi connectivity index (χ1n) is 5.64. The first-order chi connectivity index (χ1) is 7.07. The molecule has 90 valence electrons. The number of carbonyl (C=O) groups is 1. The van der Waals surface area contributed by atoms with Crippen LogP contribution in [0.4, 0.5) is 0 Å². The van der Waals surface area contributed by atoms with E-state index in [0.717, 1.165) is 26.0 Å². The van der Waals surface area contributed by atoms with E-state index in [2.05, 4.69) is 10.6 Å². The number of rotatable bonds is 8. The molecule has 1 unspecified atom stereocenters. The van der Waals surface area contributed by atoms with Crippen LogP contribution in [0.3, 0.4) is 0 Å². The first-order valence-corrected chi connectivity index (χ1v) is 5.64. The summed E-state index contributed by atoms with van der Waals surface area (Å²) < 4.78 is 5.41. The second-order valence-electron chi connectivity index (χ2n) is 3.92. The number of amides is 1. The van der Waals surface area contributed by atoms with Crippen molar-refractivity contribution in [2.75, 3.05) is 20.2 Å². The third kappa shape index (κ3) is 8.39. The van der Waals surface area contributed by atoms with E-state index in [1.165, 1.54) is 0 Å². The number of carbonyl (C=O) groups excluding carboxylic acids is 1. The summed E-state index contributed by atoms with van der Waals surface area (Å²) in [6.07, 6.45) is 2.38. The van der Waals surface area contributed by atoms with E-state index in [1.807, 2.05) is 20.8 Å². The molecule has 4 heteroatoms. The van der Waals surface area contributed by atoms with Crippen molar-refractivity contribution in [1.29, 1.82) is 0 Å². The lowest BCUT2D eigenvalue weighted by Gasteiger charge is -2.12. The second kappa shape index (κ2) is 8.68. The second-order valence-corrected chi connectivity index (χ2v) is 3.92. The van der Waals surface area contributed by atoms with Crippen molar-refractivity contribution in [3.63, 3.8) is 0 Å². The number of unbranched alkanes of at least 4 members (excludes halogenated alkanes) is 1. The van der Waals surface area contributed by atoms with Gasteiger partial charge in [-0.1, -0.05) is 0 Å². The summed E-state index contributed by atoms with van der Waals surface area (Å²) in [5.74, 6) is 0.0356. The summed E-state index contributed by atoms with van der Waals surface area (Å²) >= 11 is 0. The molecule has 0 aromatic carbocycles. The van der Waals surface area contributed by atoms with E-state index >= 15 is 0 Å². The van der Waals surface area contributed by atoms with Gasteiger partial charge in [-0.2, -0.15) is 0 Å². The van der Waals surface area contributed by atoms with Crippen LogP contribution in [0.25, 0.3) is 0 Å². The highest BCUT2D eigenvalue weighted by Gasteiger charge is 2.08. The molecule has 0 fully saturated rings. The molecule has 0 aliphatic carbocycles. The van der Waals surface area contributed by atoms with Gasteiger partial charge in [0.1, 0.15) is 0 Å². The summed E-state index contributed by atoms with van der Waals surface area (Å²) in [7, 11) is 1.65. The smallest absolute Gasteiger partial charge is 0.236 e. The van der Waals surface area contributed by atoms with Gasteiger partial charge in [0.25, 0.3) is 0 Å². The van der Waals surface area contributed by atoms with E-state index in [1.54, 1.807) is 7.05 Å². The summed E-state index contributed by atoms with van der Waals surface area (Å²) in [5, 5.41) is 5.76. The van der Waals surface area contributed by atoms with Crippen LogP contribution in [0.5, 0.6) is 0 Å². The maximum Gasteiger partial charge on any atom is 0.236 e. The Kier molecular flexibility index (Phi) is 8.33. The van der Waals surface area contributed by atoms with Gasteiger partial charge in [-0.05, 0) is 40.2 Å². The van der Waals surface area contributed by atoms with Crippen LogP contribution < -0.4 is 10.6 Å². The van der Waals surface area contributed by atoms with Crippen molar-refractivity contribution in [3.8, 4) is 0 Å². The van der Waals surface area contributed by atoms with Crippen LogP contribution in [0.15, 0.2) is 0 Å². The number of hydrogen-bond acceptors (Lipinski definition) is 3. The quantitative estimate of drug-likeness (QED) is 0.593. The minimum atomic E-state index is -0.110. The fourth-order valence-corrected chi connectivity index (χ4v) is 1.17. The highest BCUT2D eigenvalue weighted by molar-refractivity contribution is 5.80. The van der Waals surface area contributed by atoms with Gasteiger partial charge in [-0.3, -0.25) is 4.79 Å². The van der Waals surface area contributed by atoms with Gasteiger partial charge >= 0.3 is 0 Å². The summed E-state index contributed by atoms with van der Waals surface area (Å²) in [6.45, 7) is 7.59. The Morgan fingerprint density at radius 3 is 2.47 bits per heavy atom. The van der Waals surface area contributed by atoms with Crippen LogP contribution in [0.2, 0.25) is 0 Å². The van der Waals surface area contributed by atoms with Crippen molar-refractivity contribution in [2.24, 2.45) is 0 Å². The molecule has 4 nitrogen and oxygen atoms in total. The molecule has 0 saturated carbocycles. The fraction of sp³-hybridized carbons (Fsp3) is 0.909. The Bertz CT molecular complexity index is 172. The van der Waals surface area contributed by atoms with Crippen LogP contribution in [0, 0.1) is 0 Å². The molecule has 15 heavy (non-hydrogen) atoms. The van der Waals surface area contributed by atoms with Crippen molar-refractivity contribution < 1.29 is 9.53 Å². The zero-order chi connectivity index (χ0) is 11.7. The molecule has 1 amide bonds. The minimum Gasteiger partial charge on any atom is -0.379 e. The van der Waals surface area contributed by atoms with Gasteiger partial charge in [0.15, 0.2) is 0 Å². The molecule has 0 aliphatic heterocycles. The Morgan fingerprint density at radius 1 is 1.27 bits per heavy atom. The van der Waals surface area contributed by atoms with Crippen molar-refractivity contribution in [2.45, 2.75) is 45.8 Å². The van der Waals surface area contributed by atoms with Crippen LogP contribution in [-0.4, -0.2) is 38.3 Å². The number of hydrogen-bond donors (Lipinski definition) is 2. The maximum absolute atomic E-state index is 11.1. The lowest BCUT2D eigenvalue weighted by molar-refractivity contribution is -0.122. The van der Waals surface area contributed by atoms with E-state index < -0.39 is 0 Å². The van der Waals surface area contributed by atoms with Crippen molar-refractivity contribution in [3.05, 3.63) is 0 Å². The molecule has 2 N–H and O–H groups in total. The predicted molar refractivity (Wildman–Crippen MR) is 61.9 cm³/mol. The normalized spacial score (nSPS) is 12.9. The van der Waals surface area contributed by atoms with Gasteiger partial charge in [0, 0.05) is 13.7 Å². The Labute approximate surface area is 92.8 Å². The van der Waals surface area contributed by atoms with Crippen LogP contribution in [0.1, 0.15) is 33.6 Å². The molecular weight excluding hydrogens is 192 g/mol. The van der Waals surface area contributed by atoms with Gasteiger partial charge in [-0.15, -0.1) is 0 Å². The zero-order valence-corrected chi connectivity index (χ0v) is 10.3. The monoisotopic (exact) mass is 216 g/mol. The van der Waals surface area contributed by atoms with Crippen molar-refractivity contribution in [1.82, 2.24) is 10.6 Å². The molecule has 0 spiro atoms. The van der Waals surface area contributed by atoms with Gasteiger partial charge in [0.2, 0.25) is 5.91 Å². The van der Waals surface area contributed by atoms with Gasteiger partial charge in [-0.25, -0.2) is 0 Å². The Hall–Kier alpha value is -0.610. The lowest BCUT2D eigenvalue weighted by atomic mass is 10.2. The third-order valence-corrected chi connectivity index (χ3v) is 2.11. The number of likely N-dealkylation sites (N-methyl/N-ethyl adjacent to an activating group) is 1. The SMILES string of the molecule is CNC(=O)C(C)NCCCCOC(C)C. The Morgan fingerprint density at radius 2 is 1.93 bits per heavy atom. The number of nitrogens with one attached hydrogen (secondary N) is 2. The fourth-order valence-electron chi connectivity index (χ4n) is 1.17. The molecule has 0 heterocycles. The first kappa shape index (κ1) is 14.4. The van der Waals surface area contributed by atoms with Crippen LogP contribution >= 0.6 is 0 Å². The lowest BCUT2D eigenvalue weighted by Crippen LogP contribution is -2.40. The highest BCUT2D eigenvalue weighted by atomic mass is 16.5. The molecule has 0 radical (unpaired) electrons. The molecular formula is C11H24N2O2. The van der Waals surface area contributed by atoms with E-state index in [-0.39, 0.29) is 11.9 Å². The maximum atomic E-state index is 11.1. The van der Waals surface area contributed by atoms with Crippen LogP contribution in [-0.2, 0) is 9.53 Å². The van der Waals surface area contributed by atoms with Gasteiger partial charge < -0.3 is 15.4 Å². The predicted octanol–water partition coefficient (Wildman–Crippen LogP) is 0.916. The summed E-state index contributed by atoms with van der Waals surface area (Å²) in [5.41, 5.74) is 0. The van der Waals surface area contributed by atoms with E-state index in [9.17, 15) is 4.79 Å². The molecule has 0 aliphatic rings.